The number of aromatic nitrogens is 2. The summed E-state index contributed by atoms with van der Waals surface area (Å²) >= 11 is 0. The largest absolute Gasteiger partial charge is 0.436 e. The molecule has 0 radical (unpaired) electrons. The first-order valence-corrected chi connectivity index (χ1v) is 6.90. The molecule has 2 aromatic heterocycles. The van der Waals surface area contributed by atoms with Crippen LogP contribution in [0, 0.1) is 6.92 Å². The molecule has 1 atom stereocenters. The molecular weight excluding hydrogens is 262 g/mol. The lowest BCUT2D eigenvalue weighted by Gasteiger charge is -2.13. The van der Waals surface area contributed by atoms with E-state index in [2.05, 4.69) is 9.97 Å². The molecule has 0 amide bonds. The molecule has 2 heterocycles. The van der Waals surface area contributed by atoms with E-state index in [0.717, 1.165) is 22.2 Å². The summed E-state index contributed by atoms with van der Waals surface area (Å²) < 4.78 is 5.99. The van der Waals surface area contributed by atoms with Gasteiger partial charge < -0.3 is 10.5 Å². The van der Waals surface area contributed by atoms with Crippen LogP contribution in [-0.4, -0.2) is 9.97 Å². The first-order chi connectivity index (χ1) is 10.1. The quantitative estimate of drug-likeness (QED) is 0.793. The Morgan fingerprint density at radius 1 is 1.10 bits per heavy atom. The van der Waals surface area contributed by atoms with Crippen LogP contribution in [-0.2, 0) is 0 Å². The van der Waals surface area contributed by atoms with Crippen LogP contribution in [0.2, 0.25) is 0 Å². The monoisotopic (exact) mass is 279 g/mol. The predicted octanol–water partition coefficient (Wildman–Crippen LogP) is 3.75. The second kappa shape index (κ2) is 5.50. The average Bonchev–Trinajstić information content (AvgIpc) is 2.48. The van der Waals surface area contributed by atoms with Crippen molar-refractivity contribution in [3.05, 3.63) is 59.9 Å². The molecule has 1 unspecified atom stereocenters. The first-order valence-electron chi connectivity index (χ1n) is 6.90. The van der Waals surface area contributed by atoms with E-state index in [-0.39, 0.29) is 6.04 Å². The van der Waals surface area contributed by atoms with Crippen molar-refractivity contribution in [1.29, 1.82) is 0 Å². The van der Waals surface area contributed by atoms with Crippen molar-refractivity contribution in [2.45, 2.75) is 19.9 Å². The van der Waals surface area contributed by atoms with Gasteiger partial charge in [-0.15, -0.1) is 0 Å². The van der Waals surface area contributed by atoms with Crippen molar-refractivity contribution in [2.24, 2.45) is 5.73 Å². The first kappa shape index (κ1) is 13.5. The number of nitrogens with two attached hydrogens (primary N) is 1. The van der Waals surface area contributed by atoms with Gasteiger partial charge in [-0.3, -0.25) is 0 Å². The molecule has 0 saturated carbocycles. The molecular formula is C17H17N3O. The summed E-state index contributed by atoms with van der Waals surface area (Å²) in [4.78, 5) is 8.86. The van der Waals surface area contributed by atoms with Crippen molar-refractivity contribution in [1.82, 2.24) is 9.97 Å². The minimum atomic E-state index is -0.140. The van der Waals surface area contributed by atoms with E-state index in [0.29, 0.717) is 11.6 Å². The van der Waals surface area contributed by atoms with Crippen LogP contribution in [0.5, 0.6) is 11.6 Å². The third-order valence-corrected chi connectivity index (χ3v) is 3.32. The number of para-hydroxylation sites is 1. The Morgan fingerprint density at radius 3 is 2.76 bits per heavy atom. The second-order valence-electron chi connectivity index (χ2n) is 5.07. The van der Waals surface area contributed by atoms with Gasteiger partial charge in [-0.05, 0) is 32.0 Å². The van der Waals surface area contributed by atoms with E-state index in [1.54, 1.807) is 6.20 Å². The maximum absolute atomic E-state index is 5.99. The van der Waals surface area contributed by atoms with Gasteiger partial charge in [-0.25, -0.2) is 9.97 Å². The average molecular weight is 279 g/mol. The number of benzene rings is 1. The number of ether oxygens (including phenoxy) is 1. The summed E-state index contributed by atoms with van der Waals surface area (Å²) in [5.41, 5.74) is 8.63. The third-order valence-electron chi connectivity index (χ3n) is 3.32. The van der Waals surface area contributed by atoms with Gasteiger partial charge in [0.2, 0.25) is 5.88 Å². The Labute approximate surface area is 123 Å². The van der Waals surface area contributed by atoms with E-state index in [9.17, 15) is 0 Å². The van der Waals surface area contributed by atoms with Crippen LogP contribution in [0.15, 0.2) is 48.7 Å². The summed E-state index contributed by atoms with van der Waals surface area (Å²) in [6.45, 7) is 3.87. The molecule has 0 aliphatic carbocycles. The van der Waals surface area contributed by atoms with Crippen LogP contribution in [0.3, 0.4) is 0 Å². The van der Waals surface area contributed by atoms with E-state index in [4.69, 9.17) is 10.5 Å². The lowest BCUT2D eigenvalue weighted by molar-refractivity contribution is 0.456. The van der Waals surface area contributed by atoms with Crippen LogP contribution < -0.4 is 10.5 Å². The van der Waals surface area contributed by atoms with E-state index < -0.39 is 0 Å². The zero-order valence-electron chi connectivity index (χ0n) is 12.1. The number of hydrogen-bond donors (Lipinski definition) is 1. The lowest BCUT2D eigenvalue weighted by Crippen LogP contribution is -2.07. The van der Waals surface area contributed by atoms with E-state index in [1.165, 1.54) is 0 Å². The maximum Gasteiger partial charge on any atom is 0.224 e. The van der Waals surface area contributed by atoms with Crippen LogP contribution in [0.25, 0.3) is 10.9 Å². The Balaban J connectivity index is 2.08. The summed E-state index contributed by atoms with van der Waals surface area (Å²) in [7, 11) is 0. The molecule has 0 spiro atoms. The van der Waals surface area contributed by atoms with Gasteiger partial charge >= 0.3 is 0 Å². The standard InChI is InChI=1S/C17H17N3O/c1-11-8-9-13-5-3-7-15(16(13)20-11)21-17-14(12(2)18)6-4-10-19-17/h3-10,12H,18H2,1-2H3. The highest BCUT2D eigenvalue weighted by atomic mass is 16.5. The molecule has 4 nitrogen and oxygen atoms in total. The normalized spacial score (nSPS) is 12.3. The molecule has 106 valence electrons. The zero-order chi connectivity index (χ0) is 14.8. The number of rotatable bonds is 3. The van der Waals surface area contributed by atoms with Gasteiger partial charge in [-0.1, -0.05) is 24.3 Å². The molecule has 3 rings (SSSR count). The number of fused-ring (bicyclic) bond motifs is 1. The molecule has 0 bridgehead atoms. The molecule has 4 heteroatoms. The van der Waals surface area contributed by atoms with Gasteiger partial charge in [-0.2, -0.15) is 0 Å². The number of hydrogen-bond acceptors (Lipinski definition) is 4. The molecule has 0 aliphatic heterocycles. The van der Waals surface area contributed by atoms with Crippen LogP contribution >= 0.6 is 0 Å². The highest BCUT2D eigenvalue weighted by Gasteiger charge is 2.12. The Kier molecular flexibility index (Phi) is 3.54. The Morgan fingerprint density at radius 2 is 1.95 bits per heavy atom. The van der Waals surface area contributed by atoms with Gasteiger partial charge in [0.25, 0.3) is 0 Å². The van der Waals surface area contributed by atoms with E-state index in [1.807, 2.05) is 56.3 Å². The van der Waals surface area contributed by atoms with Crippen molar-refractivity contribution < 1.29 is 4.74 Å². The Bertz CT molecular complexity index is 784. The van der Waals surface area contributed by atoms with E-state index >= 15 is 0 Å². The molecule has 0 aliphatic rings. The molecule has 2 N–H and O–H groups in total. The maximum atomic E-state index is 5.99. The highest BCUT2D eigenvalue weighted by molar-refractivity contribution is 5.84. The van der Waals surface area contributed by atoms with Crippen LogP contribution in [0.1, 0.15) is 24.2 Å². The summed E-state index contributed by atoms with van der Waals surface area (Å²) in [5, 5.41) is 1.04. The topological polar surface area (TPSA) is 61.0 Å². The second-order valence-corrected chi connectivity index (χ2v) is 5.07. The van der Waals surface area contributed by atoms with Gasteiger partial charge in [0, 0.05) is 28.9 Å². The van der Waals surface area contributed by atoms with Gasteiger partial charge in [0.1, 0.15) is 5.52 Å². The van der Waals surface area contributed by atoms with Crippen molar-refractivity contribution >= 4 is 10.9 Å². The van der Waals surface area contributed by atoms with Gasteiger partial charge in [0.15, 0.2) is 5.75 Å². The zero-order valence-corrected chi connectivity index (χ0v) is 12.1. The smallest absolute Gasteiger partial charge is 0.224 e. The fourth-order valence-corrected chi connectivity index (χ4v) is 2.24. The predicted molar refractivity (Wildman–Crippen MR) is 83.4 cm³/mol. The Hall–Kier alpha value is -2.46. The number of nitrogens with zero attached hydrogens (tertiary/aromatic N) is 2. The molecule has 3 aromatic rings. The molecule has 21 heavy (non-hydrogen) atoms. The van der Waals surface area contributed by atoms with Crippen LogP contribution in [0.4, 0.5) is 0 Å². The summed E-state index contributed by atoms with van der Waals surface area (Å²) in [6, 6.07) is 13.5. The van der Waals surface area contributed by atoms with Crippen molar-refractivity contribution in [3.8, 4) is 11.6 Å². The number of pyridine rings is 2. The van der Waals surface area contributed by atoms with Gasteiger partial charge in [0.05, 0.1) is 0 Å². The molecule has 0 fully saturated rings. The lowest BCUT2D eigenvalue weighted by atomic mass is 10.1. The summed E-state index contributed by atoms with van der Waals surface area (Å²) in [5.74, 6) is 1.22. The third kappa shape index (κ3) is 2.71. The summed E-state index contributed by atoms with van der Waals surface area (Å²) in [6.07, 6.45) is 1.70. The fraction of sp³-hybridized carbons (Fsp3) is 0.176. The highest BCUT2D eigenvalue weighted by Crippen LogP contribution is 2.30. The van der Waals surface area contributed by atoms with Crippen molar-refractivity contribution in [3.63, 3.8) is 0 Å². The minimum absolute atomic E-state index is 0.140. The molecule has 0 saturated heterocycles. The van der Waals surface area contributed by atoms with Crippen molar-refractivity contribution in [2.75, 3.05) is 0 Å². The fourth-order valence-electron chi connectivity index (χ4n) is 2.24. The molecule has 1 aromatic carbocycles. The minimum Gasteiger partial charge on any atom is -0.436 e. The number of aryl methyl sites for hydroxylation is 1. The SMILES string of the molecule is Cc1ccc2cccc(Oc3ncccc3C(C)N)c2n1.